The van der Waals surface area contributed by atoms with Crippen molar-refractivity contribution in [1.82, 2.24) is 0 Å². The summed E-state index contributed by atoms with van der Waals surface area (Å²) in [5.41, 5.74) is 0. The standard InChI is InChI=1S/C73H130O6/c1-4-7-10-13-16-19-22-25-27-29-31-33-34-35-36-37-38-39-40-41-43-44-46-48-51-54-57-60-63-66-72(75)78-69-70(68-77-71(74)65-62-59-56-53-50-24-21-18-15-12-9-6-3)79-73(76)67-64-61-58-55-52-49-47-45-42-32-30-28-26-23-20-17-14-11-8-5-2/h7,10,16,18-19,21,25,27,31,33,35-36,70H,4-6,8-9,11-15,17,20,22-24,26,28-30,32,34,37-69H2,1-3H3/b10-7-,19-16-,21-18-,27-25-,33-31-,36-35-. The zero-order chi connectivity index (χ0) is 57.1. The van der Waals surface area contributed by atoms with Crippen molar-refractivity contribution >= 4 is 17.9 Å². The molecule has 0 fully saturated rings. The third-order valence-electron chi connectivity index (χ3n) is 15.2. The van der Waals surface area contributed by atoms with E-state index in [9.17, 15) is 14.4 Å². The van der Waals surface area contributed by atoms with Crippen molar-refractivity contribution in [3.8, 4) is 0 Å². The molecule has 0 saturated carbocycles. The summed E-state index contributed by atoms with van der Waals surface area (Å²) in [5, 5.41) is 0. The van der Waals surface area contributed by atoms with Gasteiger partial charge in [0, 0.05) is 19.3 Å². The number of ether oxygens (including phenoxy) is 3. The molecule has 0 aromatic carbocycles. The minimum atomic E-state index is -0.777. The van der Waals surface area contributed by atoms with Gasteiger partial charge < -0.3 is 14.2 Å². The molecule has 0 aromatic heterocycles. The Bertz CT molecular complexity index is 1450. The van der Waals surface area contributed by atoms with Crippen LogP contribution in [0.5, 0.6) is 0 Å². The number of carbonyl (C=O) groups excluding carboxylic acids is 3. The fraction of sp³-hybridized carbons (Fsp3) is 0.795. The van der Waals surface area contributed by atoms with Gasteiger partial charge in [0.25, 0.3) is 0 Å². The summed E-state index contributed by atoms with van der Waals surface area (Å²) < 4.78 is 17.0. The Hall–Kier alpha value is -3.15. The predicted molar refractivity (Wildman–Crippen MR) is 344 cm³/mol. The molecule has 0 aromatic rings. The first-order valence-electron chi connectivity index (χ1n) is 34.4. The van der Waals surface area contributed by atoms with Gasteiger partial charge in [-0.2, -0.15) is 0 Å². The van der Waals surface area contributed by atoms with Crippen LogP contribution >= 0.6 is 0 Å². The number of carbonyl (C=O) groups is 3. The van der Waals surface area contributed by atoms with Gasteiger partial charge in [0.15, 0.2) is 6.10 Å². The largest absolute Gasteiger partial charge is 0.462 e. The molecule has 0 aliphatic rings. The molecular formula is C73H130O6. The molecule has 1 atom stereocenters. The fourth-order valence-electron chi connectivity index (χ4n) is 10.1. The Morgan fingerprint density at radius 1 is 0.266 bits per heavy atom. The highest BCUT2D eigenvalue weighted by molar-refractivity contribution is 5.71. The summed E-state index contributed by atoms with van der Waals surface area (Å²) >= 11 is 0. The minimum absolute atomic E-state index is 0.0741. The lowest BCUT2D eigenvalue weighted by molar-refractivity contribution is -0.167. The van der Waals surface area contributed by atoms with Crippen molar-refractivity contribution in [2.75, 3.05) is 13.2 Å². The zero-order valence-corrected chi connectivity index (χ0v) is 52.6. The van der Waals surface area contributed by atoms with Crippen LogP contribution in [-0.4, -0.2) is 37.2 Å². The van der Waals surface area contributed by atoms with E-state index in [0.29, 0.717) is 19.3 Å². The van der Waals surface area contributed by atoms with Crippen molar-refractivity contribution in [1.29, 1.82) is 0 Å². The third kappa shape index (κ3) is 65.5. The molecule has 0 radical (unpaired) electrons. The van der Waals surface area contributed by atoms with Crippen LogP contribution in [0.15, 0.2) is 72.9 Å². The molecule has 0 amide bonds. The van der Waals surface area contributed by atoms with Gasteiger partial charge >= 0.3 is 17.9 Å². The zero-order valence-electron chi connectivity index (χ0n) is 52.6. The van der Waals surface area contributed by atoms with Gasteiger partial charge in [-0.1, -0.05) is 318 Å². The molecule has 0 spiro atoms. The summed E-state index contributed by atoms with van der Waals surface area (Å²) in [6, 6.07) is 0. The first-order chi connectivity index (χ1) is 39.0. The SMILES string of the molecule is CC/C=C\C/C=C\C/C=C\C/C=C\C/C=C\CCCCCCCCCCCCCCCC(=O)OCC(COC(=O)CCCCCCC/C=C\CCCCC)OC(=O)CCCCCCCCCCCCCCCCCCCCCC. The molecule has 0 aliphatic carbocycles. The Labute approximate surface area is 491 Å². The van der Waals surface area contributed by atoms with Gasteiger partial charge in [0.05, 0.1) is 0 Å². The molecule has 6 heteroatoms. The van der Waals surface area contributed by atoms with Crippen molar-refractivity contribution < 1.29 is 28.6 Å². The summed E-state index contributed by atoms with van der Waals surface area (Å²) in [7, 11) is 0. The van der Waals surface area contributed by atoms with E-state index >= 15 is 0 Å². The van der Waals surface area contributed by atoms with Crippen molar-refractivity contribution in [2.24, 2.45) is 0 Å². The van der Waals surface area contributed by atoms with Gasteiger partial charge in [-0.05, 0) is 89.9 Å². The molecule has 458 valence electrons. The number of allylic oxidation sites excluding steroid dienone is 12. The second-order valence-electron chi connectivity index (χ2n) is 23.1. The number of hydrogen-bond donors (Lipinski definition) is 0. The first-order valence-corrected chi connectivity index (χ1v) is 34.4. The number of rotatable bonds is 63. The summed E-state index contributed by atoms with van der Waals surface area (Å²) in [6.45, 7) is 6.55. The van der Waals surface area contributed by atoms with Gasteiger partial charge in [-0.25, -0.2) is 0 Å². The lowest BCUT2D eigenvalue weighted by Gasteiger charge is -2.18. The topological polar surface area (TPSA) is 78.9 Å². The second-order valence-corrected chi connectivity index (χ2v) is 23.1. The maximum Gasteiger partial charge on any atom is 0.306 e. The van der Waals surface area contributed by atoms with Crippen LogP contribution in [0, 0.1) is 0 Å². The van der Waals surface area contributed by atoms with Crippen LogP contribution in [0.4, 0.5) is 0 Å². The molecular weight excluding hydrogens is 973 g/mol. The van der Waals surface area contributed by atoms with E-state index in [2.05, 4.69) is 93.7 Å². The van der Waals surface area contributed by atoms with Gasteiger partial charge in [0.2, 0.25) is 0 Å². The van der Waals surface area contributed by atoms with E-state index in [4.69, 9.17) is 14.2 Å². The maximum atomic E-state index is 12.9. The Balaban J connectivity index is 4.22. The summed E-state index contributed by atoms with van der Waals surface area (Å²) in [5.74, 6) is -0.863. The smallest absolute Gasteiger partial charge is 0.306 e. The average molecular weight is 1100 g/mol. The van der Waals surface area contributed by atoms with Crippen molar-refractivity contribution in [3.05, 3.63) is 72.9 Å². The highest BCUT2D eigenvalue weighted by atomic mass is 16.6. The predicted octanol–water partition coefficient (Wildman–Crippen LogP) is 23.7. The van der Waals surface area contributed by atoms with Gasteiger partial charge in [-0.15, -0.1) is 0 Å². The van der Waals surface area contributed by atoms with Crippen LogP contribution in [0.3, 0.4) is 0 Å². The second kappa shape index (κ2) is 67.4. The minimum Gasteiger partial charge on any atom is -0.462 e. The molecule has 0 heterocycles. The number of unbranched alkanes of at least 4 members (excludes halogenated alkanes) is 40. The lowest BCUT2D eigenvalue weighted by atomic mass is 10.0. The third-order valence-corrected chi connectivity index (χ3v) is 15.2. The van der Waals surface area contributed by atoms with Crippen molar-refractivity contribution in [2.45, 2.75) is 361 Å². The van der Waals surface area contributed by atoms with E-state index in [1.807, 2.05) is 0 Å². The summed E-state index contributed by atoms with van der Waals surface area (Å²) in [6.07, 6.45) is 87.8. The summed E-state index contributed by atoms with van der Waals surface area (Å²) in [4.78, 5) is 38.4. The quantitative estimate of drug-likeness (QED) is 0.0261. The molecule has 6 nitrogen and oxygen atoms in total. The van der Waals surface area contributed by atoms with E-state index in [0.717, 1.165) is 96.3 Å². The van der Waals surface area contributed by atoms with Crippen molar-refractivity contribution in [3.63, 3.8) is 0 Å². The van der Waals surface area contributed by atoms with Gasteiger partial charge in [-0.3, -0.25) is 14.4 Å². The number of hydrogen-bond acceptors (Lipinski definition) is 6. The van der Waals surface area contributed by atoms with E-state index in [1.165, 1.54) is 218 Å². The van der Waals surface area contributed by atoms with E-state index in [1.54, 1.807) is 0 Å². The Kier molecular flexibility index (Phi) is 64.7. The Morgan fingerprint density at radius 2 is 0.494 bits per heavy atom. The highest BCUT2D eigenvalue weighted by Crippen LogP contribution is 2.18. The fourth-order valence-corrected chi connectivity index (χ4v) is 10.1. The van der Waals surface area contributed by atoms with Crippen LogP contribution in [0.2, 0.25) is 0 Å². The normalized spacial score (nSPS) is 12.5. The molecule has 0 aliphatic heterocycles. The lowest BCUT2D eigenvalue weighted by Crippen LogP contribution is -2.30. The number of esters is 3. The van der Waals surface area contributed by atoms with Crippen LogP contribution < -0.4 is 0 Å². The van der Waals surface area contributed by atoms with E-state index < -0.39 is 6.10 Å². The highest BCUT2D eigenvalue weighted by Gasteiger charge is 2.19. The van der Waals surface area contributed by atoms with Crippen LogP contribution in [0.1, 0.15) is 355 Å². The molecule has 1 unspecified atom stereocenters. The monoisotopic (exact) mass is 1100 g/mol. The molecule has 79 heavy (non-hydrogen) atoms. The maximum absolute atomic E-state index is 12.9. The Morgan fingerprint density at radius 3 is 0.810 bits per heavy atom. The van der Waals surface area contributed by atoms with Gasteiger partial charge in [0.1, 0.15) is 13.2 Å². The van der Waals surface area contributed by atoms with E-state index in [-0.39, 0.29) is 31.1 Å². The molecule has 0 saturated heterocycles. The molecule has 0 bridgehead atoms. The van der Waals surface area contributed by atoms with Crippen LogP contribution in [0.25, 0.3) is 0 Å². The van der Waals surface area contributed by atoms with Crippen LogP contribution in [-0.2, 0) is 28.6 Å². The molecule has 0 N–H and O–H groups in total. The molecule has 0 rings (SSSR count). The average Bonchev–Trinajstić information content (AvgIpc) is 3.45. The first kappa shape index (κ1) is 75.8.